The molecule has 1 aromatic carbocycles. The molecule has 0 aliphatic carbocycles. The molecule has 0 aliphatic heterocycles. The maximum Gasteiger partial charge on any atom is 0.0468 e. The Labute approximate surface area is 112 Å². The standard InChI is InChI=1S/C12H17Cl2NS/c1-3-12(15-6-7-16-2)10-5-4-9(13)8-11(10)14/h4-5,8,12,15H,3,6-7H2,1-2H3. The Morgan fingerprint density at radius 2 is 2.12 bits per heavy atom. The van der Waals surface area contributed by atoms with Crippen LogP contribution in [-0.4, -0.2) is 18.6 Å². The lowest BCUT2D eigenvalue weighted by atomic mass is 10.0. The molecule has 1 nitrogen and oxygen atoms in total. The molecule has 1 unspecified atom stereocenters. The SMILES string of the molecule is CCC(NCCSC)c1ccc(Cl)cc1Cl. The van der Waals surface area contributed by atoms with Gasteiger partial charge < -0.3 is 5.32 Å². The fourth-order valence-electron chi connectivity index (χ4n) is 1.59. The zero-order valence-electron chi connectivity index (χ0n) is 9.59. The normalized spacial score (nSPS) is 12.8. The van der Waals surface area contributed by atoms with Crippen molar-refractivity contribution in [2.24, 2.45) is 0 Å². The summed E-state index contributed by atoms with van der Waals surface area (Å²) in [6.45, 7) is 3.15. The third-order valence-electron chi connectivity index (χ3n) is 2.44. The number of benzene rings is 1. The molecule has 0 aliphatic rings. The van der Waals surface area contributed by atoms with Crippen LogP contribution >= 0.6 is 35.0 Å². The van der Waals surface area contributed by atoms with Gasteiger partial charge in [0.2, 0.25) is 0 Å². The van der Waals surface area contributed by atoms with Gasteiger partial charge in [0.1, 0.15) is 0 Å². The quantitative estimate of drug-likeness (QED) is 0.774. The van der Waals surface area contributed by atoms with Gasteiger partial charge in [-0.1, -0.05) is 36.2 Å². The fourth-order valence-corrected chi connectivity index (χ4v) is 2.46. The summed E-state index contributed by atoms with van der Waals surface area (Å²) in [5.74, 6) is 1.11. The van der Waals surface area contributed by atoms with Crippen molar-refractivity contribution in [3.63, 3.8) is 0 Å². The predicted octanol–water partition coefficient (Wildman–Crippen LogP) is 4.40. The number of hydrogen-bond donors (Lipinski definition) is 1. The summed E-state index contributed by atoms with van der Waals surface area (Å²) in [6, 6.07) is 6.01. The van der Waals surface area contributed by atoms with E-state index in [1.165, 1.54) is 0 Å². The lowest BCUT2D eigenvalue weighted by Crippen LogP contribution is -2.23. The Hall–Kier alpha value is 0.110. The van der Waals surface area contributed by atoms with Crippen LogP contribution < -0.4 is 5.32 Å². The molecule has 0 heterocycles. The van der Waals surface area contributed by atoms with Crippen molar-refractivity contribution < 1.29 is 0 Å². The molecule has 0 saturated carbocycles. The van der Waals surface area contributed by atoms with Crippen molar-refractivity contribution in [1.29, 1.82) is 0 Å². The summed E-state index contributed by atoms with van der Waals surface area (Å²) in [4.78, 5) is 0. The first-order chi connectivity index (χ1) is 7.69. The highest BCUT2D eigenvalue weighted by atomic mass is 35.5. The first-order valence-corrected chi connectivity index (χ1v) is 7.51. The Balaban J connectivity index is 2.70. The first-order valence-electron chi connectivity index (χ1n) is 5.36. The largest absolute Gasteiger partial charge is 0.309 e. The Morgan fingerprint density at radius 3 is 2.69 bits per heavy atom. The van der Waals surface area contributed by atoms with Crippen LogP contribution in [0.3, 0.4) is 0 Å². The maximum atomic E-state index is 6.19. The molecule has 1 atom stereocenters. The lowest BCUT2D eigenvalue weighted by Gasteiger charge is -2.18. The van der Waals surface area contributed by atoms with E-state index < -0.39 is 0 Å². The number of rotatable bonds is 6. The van der Waals surface area contributed by atoms with Crippen molar-refractivity contribution in [2.45, 2.75) is 19.4 Å². The van der Waals surface area contributed by atoms with E-state index in [9.17, 15) is 0 Å². The topological polar surface area (TPSA) is 12.0 Å². The number of nitrogens with one attached hydrogen (secondary N) is 1. The molecule has 0 aromatic heterocycles. The summed E-state index contributed by atoms with van der Waals surface area (Å²) in [6.07, 6.45) is 3.13. The highest BCUT2D eigenvalue weighted by molar-refractivity contribution is 7.98. The van der Waals surface area contributed by atoms with E-state index in [0.717, 1.165) is 29.3 Å². The summed E-state index contributed by atoms with van der Waals surface area (Å²) >= 11 is 13.9. The van der Waals surface area contributed by atoms with E-state index in [1.54, 1.807) is 6.07 Å². The van der Waals surface area contributed by atoms with Gasteiger partial charge in [0, 0.05) is 28.4 Å². The minimum atomic E-state index is 0.317. The first kappa shape index (κ1) is 14.2. The van der Waals surface area contributed by atoms with Crippen LogP contribution in [0.4, 0.5) is 0 Å². The van der Waals surface area contributed by atoms with Gasteiger partial charge in [0.15, 0.2) is 0 Å². The average molecular weight is 278 g/mol. The summed E-state index contributed by atoms with van der Waals surface area (Å²) < 4.78 is 0. The van der Waals surface area contributed by atoms with Gasteiger partial charge in [-0.15, -0.1) is 0 Å². The molecule has 0 radical (unpaired) electrons. The molecule has 0 spiro atoms. The predicted molar refractivity (Wildman–Crippen MR) is 75.9 cm³/mol. The molecular formula is C12H17Cl2NS. The molecule has 0 bridgehead atoms. The van der Waals surface area contributed by atoms with E-state index in [2.05, 4.69) is 18.5 Å². The van der Waals surface area contributed by atoms with Gasteiger partial charge in [-0.2, -0.15) is 11.8 Å². The van der Waals surface area contributed by atoms with E-state index in [-0.39, 0.29) is 0 Å². The molecule has 16 heavy (non-hydrogen) atoms. The summed E-state index contributed by atoms with van der Waals surface area (Å²) in [5.41, 5.74) is 1.13. The van der Waals surface area contributed by atoms with Crippen molar-refractivity contribution in [3.8, 4) is 0 Å². The lowest BCUT2D eigenvalue weighted by molar-refractivity contribution is 0.540. The maximum absolute atomic E-state index is 6.19. The van der Waals surface area contributed by atoms with E-state index >= 15 is 0 Å². The average Bonchev–Trinajstić information content (AvgIpc) is 2.26. The van der Waals surface area contributed by atoms with Crippen LogP contribution in [0.15, 0.2) is 18.2 Å². The van der Waals surface area contributed by atoms with Gasteiger partial charge in [-0.3, -0.25) is 0 Å². The molecular weight excluding hydrogens is 261 g/mol. The third-order valence-corrected chi connectivity index (χ3v) is 3.62. The minimum Gasteiger partial charge on any atom is -0.309 e. The smallest absolute Gasteiger partial charge is 0.0468 e. The van der Waals surface area contributed by atoms with Gasteiger partial charge in [-0.05, 0) is 30.4 Å². The van der Waals surface area contributed by atoms with Crippen molar-refractivity contribution >= 4 is 35.0 Å². The molecule has 4 heteroatoms. The van der Waals surface area contributed by atoms with E-state index in [0.29, 0.717) is 11.1 Å². The van der Waals surface area contributed by atoms with Crippen LogP contribution in [0.2, 0.25) is 10.0 Å². The zero-order valence-corrected chi connectivity index (χ0v) is 11.9. The fraction of sp³-hybridized carbons (Fsp3) is 0.500. The van der Waals surface area contributed by atoms with Gasteiger partial charge >= 0.3 is 0 Å². The number of hydrogen-bond acceptors (Lipinski definition) is 2. The van der Waals surface area contributed by atoms with Crippen LogP contribution in [-0.2, 0) is 0 Å². The molecule has 1 N–H and O–H groups in total. The van der Waals surface area contributed by atoms with Crippen molar-refractivity contribution in [2.75, 3.05) is 18.6 Å². The van der Waals surface area contributed by atoms with Crippen LogP contribution in [0.1, 0.15) is 24.9 Å². The molecule has 1 aromatic rings. The minimum absolute atomic E-state index is 0.317. The van der Waals surface area contributed by atoms with Gasteiger partial charge in [0.25, 0.3) is 0 Å². The highest BCUT2D eigenvalue weighted by Gasteiger charge is 2.12. The van der Waals surface area contributed by atoms with Crippen LogP contribution in [0.5, 0.6) is 0 Å². The third kappa shape index (κ3) is 4.17. The van der Waals surface area contributed by atoms with E-state index in [1.807, 2.05) is 23.9 Å². The molecule has 90 valence electrons. The second kappa shape index (κ2) is 7.44. The van der Waals surface area contributed by atoms with Crippen LogP contribution in [0, 0.1) is 0 Å². The summed E-state index contributed by atoms with van der Waals surface area (Å²) in [7, 11) is 0. The number of thioether (sulfide) groups is 1. The summed E-state index contributed by atoms with van der Waals surface area (Å²) in [5, 5.41) is 4.93. The number of halogens is 2. The van der Waals surface area contributed by atoms with E-state index in [4.69, 9.17) is 23.2 Å². The Morgan fingerprint density at radius 1 is 1.38 bits per heavy atom. The Bertz CT molecular complexity index is 331. The second-order valence-electron chi connectivity index (χ2n) is 3.57. The van der Waals surface area contributed by atoms with Gasteiger partial charge in [-0.25, -0.2) is 0 Å². The Kier molecular flexibility index (Phi) is 6.59. The van der Waals surface area contributed by atoms with Crippen molar-refractivity contribution in [3.05, 3.63) is 33.8 Å². The second-order valence-corrected chi connectivity index (χ2v) is 5.40. The molecule has 0 saturated heterocycles. The molecule has 0 fully saturated rings. The van der Waals surface area contributed by atoms with Crippen molar-refractivity contribution in [1.82, 2.24) is 5.32 Å². The van der Waals surface area contributed by atoms with Crippen LogP contribution in [0.25, 0.3) is 0 Å². The highest BCUT2D eigenvalue weighted by Crippen LogP contribution is 2.27. The van der Waals surface area contributed by atoms with Gasteiger partial charge in [0.05, 0.1) is 0 Å². The monoisotopic (exact) mass is 277 g/mol. The molecule has 0 amide bonds. The zero-order chi connectivity index (χ0) is 12.0. The molecule has 1 rings (SSSR count).